The summed E-state index contributed by atoms with van der Waals surface area (Å²) in [5.74, 6) is 0.808. The monoisotopic (exact) mass is 316 g/mol. The maximum absolute atomic E-state index is 9.55. The first-order valence-corrected chi connectivity index (χ1v) is 9.49. The van der Waals surface area contributed by atoms with E-state index in [4.69, 9.17) is 0 Å². The molecule has 0 bridgehead atoms. The second kappa shape index (κ2) is 8.81. The maximum atomic E-state index is 9.55. The lowest BCUT2D eigenvalue weighted by Crippen LogP contribution is -2.39. The van der Waals surface area contributed by atoms with Crippen LogP contribution in [0.4, 0.5) is 0 Å². The van der Waals surface area contributed by atoms with Gasteiger partial charge in [-0.15, -0.1) is 0 Å². The fourth-order valence-corrected chi connectivity index (χ4v) is 4.20. The molecule has 1 saturated heterocycles. The average Bonchev–Trinajstić information content (AvgIpc) is 3.01. The summed E-state index contributed by atoms with van der Waals surface area (Å²) >= 11 is 0. The van der Waals surface area contributed by atoms with Gasteiger partial charge in [-0.05, 0) is 63.1 Å². The van der Waals surface area contributed by atoms with Crippen molar-refractivity contribution in [3.8, 4) is 0 Å². The molecule has 23 heavy (non-hydrogen) atoms. The molecular formula is C20H32N2O. The molecule has 1 aromatic rings. The maximum Gasteiger partial charge on any atom is 0.0564 e. The number of aliphatic hydroxyl groups is 1. The summed E-state index contributed by atoms with van der Waals surface area (Å²) in [5.41, 5.74) is 1.48. The lowest BCUT2D eigenvalue weighted by Gasteiger charge is -2.29. The summed E-state index contributed by atoms with van der Waals surface area (Å²) in [6, 6.07) is 11.6. The number of benzene rings is 1. The highest BCUT2D eigenvalue weighted by Crippen LogP contribution is 2.28. The summed E-state index contributed by atoms with van der Waals surface area (Å²) in [5, 5.41) is 13.4. The van der Waals surface area contributed by atoms with E-state index in [0.29, 0.717) is 6.04 Å². The summed E-state index contributed by atoms with van der Waals surface area (Å²) in [6.45, 7) is 4.45. The predicted octanol–water partition coefficient (Wildman–Crippen LogP) is 2.83. The SMILES string of the molecule is OC1CCN(CCCNC2CCCC2Cc2ccccc2)CC1. The molecule has 2 aliphatic rings. The minimum absolute atomic E-state index is 0.0541. The highest BCUT2D eigenvalue weighted by Gasteiger charge is 2.26. The summed E-state index contributed by atoms with van der Waals surface area (Å²) in [4.78, 5) is 2.50. The van der Waals surface area contributed by atoms with Crippen LogP contribution in [0, 0.1) is 5.92 Å². The fraction of sp³-hybridized carbons (Fsp3) is 0.700. The zero-order chi connectivity index (χ0) is 15.9. The number of hydrogen-bond donors (Lipinski definition) is 2. The Morgan fingerprint density at radius 1 is 1.04 bits per heavy atom. The number of hydrogen-bond acceptors (Lipinski definition) is 3. The molecule has 3 heteroatoms. The van der Waals surface area contributed by atoms with E-state index >= 15 is 0 Å². The first kappa shape index (κ1) is 16.9. The molecule has 1 saturated carbocycles. The van der Waals surface area contributed by atoms with Crippen LogP contribution in [0.3, 0.4) is 0 Å². The highest BCUT2D eigenvalue weighted by molar-refractivity contribution is 5.16. The average molecular weight is 316 g/mol. The van der Waals surface area contributed by atoms with Gasteiger partial charge in [-0.1, -0.05) is 36.8 Å². The van der Waals surface area contributed by atoms with Crippen LogP contribution in [-0.2, 0) is 6.42 Å². The van der Waals surface area contributed by atoms with Gasteiger partial charge in [0.2, 0.25) is 0 Å². The van der Waals surface area contributed by atoms with Crippen molar-refractivity contribution in [1.82, 2.24) is 10.2 Å². The Kier molecular flexibility index (Phi) is 6.49. The van der Waals surface area contributed by atoms with E-state index in [2.05, 4.69) is 40.5 Å². The van der Waals surface area contributed by atoms with Crippen molar-refractivity contribution in [3.05, 3.63) is 35.9 Å². The van der Waals surface area contributed by atoms with Crippen molar-refractivity contribution in [3.63, 3.8) is 0 Å². The molecule has 1 aliphatic carbocycles. The van der Waals surface area contributed by atoms with Gasteiger partial charge in [-0.2, -0.15) is 0 Å². The zero-order valence-electron chi connectivity index (χ0n) is 14.3. The van der Waals surface area contributed by atoms with Crippen LogP contribution in [0.25, 0.3) is 0 Å². The Bertz CT molecular complexity index is 442. The highest BCUT2D eigenvalue weighted by atomic mass is 16.3. The minimum atomic E-state index is -0.0541. The largest absolute Gasteiger partial charge is 0.393 e. The van der Waals surface area contributed by atoms with E-state index in [0.717, 1.165) is 38.4 Å². The Morgan fingerprint density at radius 2 is 1.83 bits per heavy atom. The van der Waals surface area contributed by atoms with Crippen molar-refractivity contribution in [2.75, 3.05) is 26.2 Å². The Balaban J connectivity index is 1.34. The van der Waals surface area contributed by atoms with Gasteiger partial charge in [0.15, 0.2) is 0 Å². The van der Waals surface area contributed by atoms with Gasteiger partial charge in [0, 0.05) is 19.1 Å². The number of piperidine rings is 1. The molecule has 0 aromatic heterocycles. The standard InChI is InChI=1S/C20H32N2O/c23-19-10-14-22(15-11-19)13-5-12-21-20-9-4-8-18(20)16-17-6-2-1-3-7-17/h1-3,6-7,18-21,23H,4-5,8-16H2. The van der Waals surface area contributed by atoms with Crippen molar-refractivity contribution in [2.24, 2.45) is 5.92 Å². The summed E-state index contributed by atoms with van der Waals surface area (Å²) in [6.07, 6.45) is 8.39. The van der Waals surface area contributed by atoms with Gasteiger partial charge in [0.05, 0.1) is 6.10 Å². The van der Waals surface area contributed by atoms with E-state index < -0.39 is 0 Å². The summed E-state index contributed by atoms with van der Waals surface area (Å²) in [7, 11) is 0. The molecule has 0 spiro atoms. The van der Waals surface area contributed by atoms with Crippen LogP contribution in [0.2, 0.25) is 0 Å². The molecule has 2 fully saturated rings. The second-order valence-electron chi connectivity index (χ2n) is 7.37. The lowest BCUT2D eigenvalue weighted by molar-refractivity contribution is 0.0819. The fourth-order valence-electron chi connectivity index (χ4n) is 4.20. The summed E-state index contributed by atoms with van der Waals surface area (Å²) < 4.78 is 0. The molecule has 128 valence electrons. The molecule has 3 rings (SSSR count). The molecule has 2 N–H and O–H groups in total. The Labute approximate surface area is 141 Å². The molecule has 1 aromatic carbocycles. The third kappa shape index (κ3) is 5.30. The van der Waals surface area contributed by atoms with E-state index in [1.165, 1.54) is 44.2 Å². The molecule has 2 unspecified atom stereocenters. The molecule has 2 atom stereocenters. The Hall–Kier alpha value is -0.900. The third-order valence-corrected chi connectivity index (χ3v) is 5.61. The lowest BCUT2D eigenvalue weighted by atomic mass is 9.94. The molecule has 3 nitrogen and oxygen atoms in total. The smallest absolute Gasteiger partial charge is 0.0564 e. The second-order valence-corrected chi connectivity index (χ2v) is 7.37. The van der Waals surface area contributed by atoms with Crippen LogP contribution in [0.15, 0.2) is 30.3 Å². The van der Waals surface area contributed by atoms with E-state index in [-0.39, 0.29) is 6.10 Å². The molecular weight excluding hydrogens is 284 g/mol. The molecule has 1 aliphatic heterocycles. The topological polar surface area (TPSA) is 35.5 Å². The first-order chi connectivity index (χ1) is 11.3. The van der Waals surface area contributed by atoms with Crippen molar-refractivity contribution in [1.29, 1.82) is 0 Å². The molecule has 0 amide bonds. The first-order valence-electron chi connectivity index (χ1n) is 9.49. The quantitative estimate of drug-likeness (QED) is 0.759. The molecule has 0 radical (unpaired) electrons. The number of likely N-dealkylation sites (tertiary alicyclic amines) is 1. The van der Waals surface area contributed by atoms with Gasteiger partial charge < -0.3 is 15.3 Å². The third-order valence-electron chi connectivity index (χ3n) is 5.61. The van der Waals surface area contributed by atoms with Crippen molar-refractivity contribution < 1.29 is 5.11 Å². The van der Waals surface area contributed by atoms with Crippen LogP contribution in [0.5, 0.6) is 0 Å². The van der Waals surface area contributed by atoms with Gasteiger partial charge in [0.25, 0.3) is 0 Å². The van der Waals surface area contributed by atoms with Crippen molar-refractivity contribution >= 4 is 0 Å². The molecule has 1 heterocycles. The Morgan fingerprint density at radius 3 is 2.61 bits per heavy atom. The van der Waals surface area contributed by atoms with Crippen LogP contribution in [0.1, 0.15) is 44.1 Å². The number of nitrogens with one attached hydrogen (secondary N) is 1. The van der Waals surface area contributed by atoms with E-state index in [1.54, 1.807) is 0 Å². The predicted molar refractivity (Wildman–Crippen MR) is 95.6 cm³/mol. The van der Waals surface area contributed by atoms with E-state index in [9.17, 15) is 5.11 Å². The van der Waals surface area contributed by atoms with Crippen molar-refractivity contribution in [2.45, 2.75) is 57.1 Å². The number of nitrogens with zero attached hydrogens (tertiary/aromatic N) is 1. The van der Waals surface area contributed by atoms with Gasteiger partial charge >= 0.3 is 0 Å². The van der Waals surface area contributed by atoms with Crippen LogP contribution < -0.4 is 5.32 Å². The van der Waals surface area contributed by atoms with Gasteiger partial charge in [0.1, 0.15) is 0 Å². The number of rotatable bonds is 7. The normalized spacial score (nSPS) is 26.7. The van der Waals surface area contributed by atoms with Crippen LogP contribution >= 0.6 is 0 Å². The van der Waals surface area contributed by atoms with Gasteiger partial charge in [-0.3, -0.25) is 0 Å². The number of aliphatic hydroxyl groups excluding tert-OH is 1. The van der Waals surface area contributed by atoms with Crippen LogP contribution in [-0.4, -0.2) is 48.3 Å². The van der Waals surface area contributed by atoms with E-state index in [1.807, 2.05) is 0 Å². The zero-order valence-corrected chi connectivity index (χ0v) is 14.3. The van der Waals surface area contributed by atoms with Gasteiger partial charge in [-0.25, -0.2) is 0 Å². The minimum Gasteiger partial charge on any atom is -0.393 e.